The molecule has 6 heteroatoms. The molecular weight excluding hydrogens is 290 g/mol. The molecule has 2 aromatic rings. The van der Waals surface area contributed by atoms with Gasteiger partial charge >= 0.3 is 5.97 Å². The van der Waals surface area contributed by atoms with Crippen LogP contribution in [-0.2, 0) is 11.4 Å². The zero-order chi connectivity index (χ0) is 15.2. The summed E-state index contributed by atoms with van der Waals surface area (Å²) in [5, 5.41) is 11.6. The van der Waals surface area contributed by atoms with Crippen LogP contribution in [0.1, 0.15) is 16.3 Å². The fourth-order valence-electron chi connectivity index (χ4n) is 1.76. The Morgan fingerprint density at radius 3 is 2.90 bits per heavy atom. The van der Waals surface area contributed by atoms with Gasteiger partial charge in [-0.15, -0.1) is 11.3 Å². The van der Waals surface area contributed by atoms with Gasteiger partial charge in [-0.05, 0) is 19.1 Å². The second kappa shape index (κ2) is 6.90. The number of rotatable bonds is 6. The van der Waals surface area contributed by atoms with E-state index in [0.29, 0.717) is 23.7 Å². The molecule has 1 aromatic heterocycles. The van der Waals surface area contributed by atoms with Crippen molar-refractivity contribution in [2.45, 2.75) is 13.5 Å². The molecule has 0 bridgehead atoms. The van der Waals surface area contributed by atoms with Crippen molar-refractivity contribution in [1.82, 2.24) is 4.98 Å². The van der Waals surface area contributed by atoms with Crippen LogP contribution in [0.25, 0.3) is 6.08 Å². The smallest absolute Gasteiger partial charge is 0.328 e. The fraction of sp³-hybridized carbons (Fsp3) is 0.200. The molecule has 0 spiro atoms. The standard InChI is InChI=1S/C15H15NO4S/c1-10-16-12(9-21-10)8-20-15-11(6-7-14(17)18)4-3-5-13(15)19-2/h3-7,9H,8H2,1-2H3,(H,17,18). The molecule has 0 unspecified atom stereocenters. The summed E-state index contributed by atoms with van der Waals surface area (Å²) in [5.74, 6) is 0.0385. The summed E-state index contributed by atoms with van der Waals surface area (Å²) in [5.41, 5.74) is 1.47. The number of aryl methyl sites for hydroxylation is 1. The summed E-state index contributed by atoms with van der Waals surface area (Å²) in [6.45, 7) is 2.23. The summed E-state index contributed by atoms with van der Waals surface area (Å²) >= 11 is 1.55. The minimum Gasteiger partial charge on any atom is -0.493 e. The van der Waals surface area contributed by atoms with Gasteiger partial charge in [-0.2, -0.15) is 0 Å². The second-order valence-corrected chi connectivity index (χ2v) is 5.26. The van der Waals surface area contributed by atoms with Crippen LogP contribution >= 0.6 is 11.3 Å². The molecule has 0 amide bonds. The molecule has 0 aliphatic rings. The number of hydrogen-bond donors (Lipinski definition) is 1. The van der Waals surface area contributed by atoms with E-state index >= 15 is 0 Å². The van der Waals surface area contributed by atoms with Crippen molar-refractivity contribution >= 4 is 23.4 Å². The molecule has 1 N–H and O–H groups in total. The van der Waals surface area contributed by atoms with Crippen molar-refractivity contribution in [3.63, 3.8) is 0 Å². The Kier molecular flexibility index (Phi) is 4.94. The molecule has 0 atom stereocenters. The van der Waals surface area contributed by atoms with Crippen molar-refractivity contribution in [2.75, 3.05) is 7.11 Å². The van der Waals surface area contributed by atoms with Crippen LogP contribution in [0.5, 0.6) is 11.5 Å². The van der Waals surface area contributed by atoms with Gasteiger partial charge in [0, 0.05) is 17.0 Å². The van der Waals surface area contributed by atoms with Gasteiger partial charge in [-0.3, -0.25) is 0 Å². The topological polar surface area (TPSA) is 68.7 Å². The maximum absolute atomic E-state index is 10.7. The van der Waals surface area contributed by atoms with E-state index in [1.165, 1.54) is 6.08 Å². The van der Waals surface area contributed by atoms with Gasteiger partial charge in [0.05, 0.1) is 17.8 Å². The summed E-state index contributed by atoms with van der Waals surface area (Å²) in [6.07, 6.45) is 2.54. The maximum atomic E-state index is 10.7. The fourth-order valence-corrected chi connectivity index (χ4v) is 2.36. The number of para-hydroxylation sites is 1. The zero-order valence-electron chi connectivity index (χ0n) is 11.7. The Bertz CT molecular complexity index is 663. The van der Waals surface area contributed by atoms with Gasteiger partial charge in [0.1, 0.15) is 6.61 Å². The number of thiazole rings is 1. The Balaban J connectivity index is 2.24. The molecule has 1 heterocycles. The van der Waals surface area contributed by atoms with Crippen LogP contribution in [0.15, 0.2) is 29.7 Å². The van der Waals surface area contributed by atoms with Gasteiger partial charge in [-0.25, -0.2) is 9.78 Å². The third-order valence-corrected chi connectivity index (χ3v) is 3.49. The largest absolute Gasteiger partial charge is 0.493 e. The predicted molar refractivity (Wildman–Crippen MR) is 80.8 cm³/mol. The average Bonchev–Trinajstić information content (AvgIpc) is 2.88. The number of carboxylic acid groups (broad SMARTS) is 1. The van der Waals surface area contributed by atoms with E-state index in [1.54, 1.807) is 36.6 Å². The Labute approximate surface area is 126 Å². The van der Waals surface area contributed by atoms with Crippen LogP contribution in [0.4, 0.5) is 0 Å². The zero-order valence-corrected chi connectivity index (χ0v) is 12.5. The SMILES string of the molecule is COc1cccc(C=CC(=O)O)c1OCc1csc(C)n1. The Hall–Kier alpha value is -2.34. The minimum absolute atomic E-state index is 0.304. The van der Waals surface area contributed by atoms with Crippen LogP contribution in [0.3, 0.4) is 0 Å². The number of carbonyl (C=O) groups is 1. The van der Waals surface area contributed by atoms with Gasteiger partial charge in [0.25, 0.3) is 0 Å². The molecule has 110 valence electrons. The lowest BCUT2D eigenvalue weighted by Crippen LogP contribution is -2.00. The molecule has 1 aromatic carbocycles. The number of methoxy groups -OCH3 is 1. The Morgan fingerprint density at radius 1 is 1.48 bits per heavy atom. The van der Waals surface area contributed by atoms with E-state index in [-0.39, 0.29) is 0 Å². The first-order chi connectivity index (χ1) is 10.1. The van der Waals surface area contributed by atoms with Crippen molar-refractivity contribution in [1.29, 1.82) is 0 Å². The molecule has 2 rings (SSSR count). The molecule has 0 saturated carbocycles. The summed E-state index contributed by atoms with van der Waals surface area (Å²) in [6, 6.07) is 5.31. The molecular formula is C15H15NO4S. The highest BCUT2D eigenvalue weighted by Crippen LogP contribution is 2.32. The summed E-state index contributed by atoms with van der Waals surface area (Å²) in [7, 11) is 1.54. The molecule has 21 heavy (non-hydrogen) atoms. The first-order valence-corrected chi connectivity index (χ1v) is 7.10. The van der Waals surface area contributed by atoms with E-state index in [1.807, 2.05) is 12.3 Å². The van der Waals surface area contributed by atoms with E-state index in [9.17, 15) is 4.79 Å². The number of benzene rings is 1. The van der Waals surface area contributed by atoms with Crippen molar-refractivity contribution in [3.05, 3.63) is 45.9 Å². The molecule has 0 aliphatic carbocycles. The number of nitrogens with zero attached hydrogens (tertiary/aromatic N) is 1. The van der Waals surface area contributed by atoms with Crippen LogP contribution < -0.4 is 9.47 Å². The first-order valence-electron chi connectivity index (χ1n) is 6.22. The third kappa shape index (κ3) is 4.06. The molecule has 0 fully saturated rings. The quantitative estimate of drug-likeness (QED) is 0.830. The summed E-state index contributed by atoms with van der Waals surface area (Å²) in [4.78, 5) is 15.0. The summed E-state index contributed by atoms with van der Waals surface area (Å²) < 4.78 is 11.0. The van der Waals surface area contributed by atoms with Crippen LogP contribution in [0.2, 0.25) is 0 Å². The lowest BCUT2D eigenvalue weighted by atomic mass is 10.1. The number of aromatic nitrogens is 1. The number of carboxylic acids is 1. The van der Waals surface area contributed by atoms with E-state index in [4.69, 9.17) is 14.6 Å². The third-order valence-electron chi connectivity index (χ3n) is 2.67. The first kappa shape index (κ1) is 15.1. The normalized spacial score (nSPS) is 10.8. The van der Waals surface area contributed by atoms with Gasteiger partial charge in [0.2, 0.25) is 0 Å². The predicted octanol–water partition coefficient (Wildman–Crippen LogP) is 3.14. The highest BCUT2D eigenvalue weighted by atomic mass is 32.1. The van der Waals surface area contributed by atoms with E-state index < -0.39 is 5.97 Å². The van der Waals surface area contributed by atoms with Gasteiger partial charge in [0.15, 0.2) is 11.5 Å². The van der Waals surface area contributed by atoms with E-state index in [2.05, 4.69) is 4.98 Å². The minimum atomic E-state index is -1.01. The Morgan fingerprint density at radius 2 is 2.29 bits per heavy atom. The number of ether oxygens (including phenoxy) is 2. The highest BCUT2D eigenvalue weighted by Gasteiger charge is 2.10. The van der Waals surface area contributed by atoms with Crippen molar-refractivity contribution < 1.29 is 19.4 Å². The molecule has 5 nitrogen and oxygen atoms in total. The number of aliphatic carboxylic acids is 1. The lowest BCUT2D eigenvalue weighted by Gasteiger charge is -2.12. The second-order valence-electron chi connectivity index (χ2n) is 4.20. The van der Waals surface area contributed by atoms with Gasteiger partial charge < -0.3 is 14.6 Å². The van der Waals surface area contributed by atoms with Crippen molar-refractivity contribution in [2.24, 2.45) is 0 Å². The van der Waals surface area contributed by atoms with Crippen LogP contribution in [0, 0.1) is 6.92 Å². The lowest BCUT2D eigenvalue weighted by molar-refractivity contribution is -0.131. The number of hydrogen-bond acceptors (Lipinski definition) is 5. The highest BCUT2D eigenvalue weighted by molar-refractivity contribution is 7.09. The monoisotopic (exact) mass is 305 g/mol. The molecule has 0 radical (unpaired) electrons. The average molecular weight is 305 g/mol. The maximum Gasteiger partial charge on any atom is 0.328 e. The van der Waals surface area contributed by atoms with Gasteiger partial charge in [-0.1, -0.05) is 12.1 Å². The molecule has 0 aliphatic heterocycles. The van der Waals surface area contributed by atoms with Crippen LogP contribution in [-0.4, -0.2) is 23.2 Å². The van der Waals surface area contributed by atoms with E-state index in [0.717, 1.165) is 16.8 Å². The van der Waals surface area contributed by atoms with Crippen molar-refractivity contribution in [3.8, 4) is 11.5 Å². The molecule has 0 saturated heterocycles.